The van der Waals surface area contributed by atoms with Gasteiger partial charge in [-0.15, -0.1) is 0 Å². The van der Waals surface area contributed by atoms with Gasteiger partial charge in [0, 0.05) is 50.2 Å². The molecule has 0 radical (unpaired) electrons. The van der Waals surface area contributed by atoms with Crippen molar-refractivity contribution in [2.75, 3.05) is 66.1 Å². The molecule has 4 rings (SSSR count). The lowest BCUT2D eigenvalue weighted by Gasteiger charge is -2.38. The smallest absolute Gasteiger partial charge is 0.338 e. The Morgan fingerprint density at radius 1 is 0.944 bits per heavy atom. The van der Waals surface area contributed by atoms with Gasteiger partial charge < -0.3 is 34.5 Å². The summed E-state index contributed by atoms with van der Waals surface area (Å²) in [5.74, 6) is 1.37. The Morgan fingerprint density at radius 3 is 2.36 bits per heavy atom. The predicted octanol–water partition coefficient (Wildman–Crippen LogP) is 2.32. The van der Waals surface area contributed by atoms with Crippen molar-refractivity contribution in [1.29, 1.82) is 0 Å². The van der Waals surface area contributed by atoms with E-state index in [1.165, 1.54) is 14.2 Å². The second-order valence-corrected chi connectivity index (χ2v) is 8.49. The maximum Gasteiger partial charge on any atom is 0.338 e. The number of nitrogens with one attached hydrogen (secondary N) is 2. The number of anilines is 1. The van der Waals surface area contributed by atoms with Crippen molar-refractivity contribution in [2.45, 2.75) is 6.04 Å². The predicted molar refractivity (Wildman–Crippen MR) is 135 cm³/mol. The molecule has 2 aliphatic heterocycles. The van der Waals surface area contributed by atoms with Crippen LogP contribution in [0.15, 0.2) is 53.7 Å². The number of amides is 2. The van der Waals surface area contributed by atoms with Gasteiger partial charge in [-0.3, -0.25) is 4.90 Å². The summed E-state index contributed by atoms with van der Waals surface area (Å²) in [7, 11) is 6.08. The molecule has 2 heterocycles. The Kier molecular flexibility index (Phi) is 7.84. The number of methoxy groups -OCH3 is 4. The van der Waals surface area contributed by atoms with E-state index in [2.05, 4.69) is 26.5 Å². The number of ether oxygens (including phenoxy) is 4. The molecular weight excluding hydrogens is 464 g/mol. The molecule has 2 aliphatic rings. The summed E-state index contributed by atoms with van der Waals surface area (Å²) < 4.78 is 21.2. The van der Waals surface area contributed by atoms with E-state index in [9.17, 15) is 9.59 Å². The zero-order valence-electron chi connectivity index (χ0n) is 21.0. The monoisotopic (exact) mass is 496 g/mol. The summed E-state index contributed by atoms with van der Waals surface area (Å²) in [5, 5.41) is 5.69. The van der Waals surface area contributed by atoms with Crippen molar-refractivity contribution in [1.82, 2.24) is 15.5 Å². The molecule has 10 nitrogen and oxygen atoms in total. The lowest BCUT2D eigenvalue weighted by Crippen LogP contribution is -2.51. The van der Waals surface area contributed by atoms with Crippen LogP contribution in [0.1, 0.15) is 11.6 Å². The van der Waals surface area contributed by atoms with Gasteiger partial charge in [-0.2, -0.15) is 0 Å². The first-order chi connectivity index (χ1) is 17.5. The Bertz CT molecular complexity index is 1140. The maximum atomic E-state index is 12.9. The van der Waals surface area contributed by atoms with Crippen LogP contribution in [0, 0.1) is 0 Å². The molecule has 2 N–H and O–H groups in total. The van der Waals surface area contributed by atoms with E-state index in [1.54, 1.807) is 32.4 Å². The minimum absolute atomic E-state index is 0.361. The minimum atomic E-state index is -0.695. The van der Waals surface area contributed by atoms with Gasteiger partial charge in [0.2, 0.25) is 0 Å². The largest absolute Gasteiger partial charge is 0.497 e. The molecule has 2 amide bonds. The van der Waals surface area contributed by atoms with Crippen molar-refractivity contribution in [3.63, 3.8) is 0 Å². The van der Waals surface area contributed by atoms with Crippen LogP contribution in [0.5, 0.6) is 17.2 Å². The SMILES string of the molecule is COC(=O)C1=C(CN2CCN(c3cccc(OC)c3)CC2)NC(=O)N[C@@H]1c1ccc(OC)c(OC)c1. The Morgan fingerprint density at radius 2 is 1.69 bits per heavy atom. The molecular formula is C26H32N4O6. The summed E-state index contributed by atoms with van der Waals surface area (Å²) in [6.07, 6.45) is 0. The highest BCUT2D eigenvalue weighted by Gasteiger charge is 2.35. The van der Waals surface area contributed by atoms with Crippen molar-refractivity contribution < 1.29 is 28.5 Å². The molecule has 2 aromatic carbocycles. The number of rotatable bonds is 8. The van der Waals surface area contributed by atoms with Crippen LogP contribution >= 0.6 is 0 Å². The molecule has 1 saturated heterocycles. The topological polar surface area (TPSA) is 102 Å². The number of hydrogen-bond acceptors (Lipinski definition) is 8. The highest BCUT2D eigenvalue weighted by atomic mass is 16.5. The van der Waals surface area contributed by atoms with Crippen LogP contribution in [0.2, 0.25) is 0 Å². The van der Waals surface area contributed by atoms with E-state index >= 15 is 0 Å². The van der Waals surface area contributed by atoms with Gasteiger partial charge >= 0.3 is 12.0 Å². The molecule has 1 atom stereocenters. The van der Waals surface area contributed by atoms with Gasteiger partial charge in [-0.05, 0) is 29.8 Å². The van der Waals surface area contributed by atoms with Gasteiger partial charge in [0.1, 0.15) is 5.75 Å². The van der Waals surface area contributed by atoms with E-state index in [4.69, 9.17) is 18.9 Å². The fourth-order valence-corrected chi connectivity index (χ4v) is 4.57. The van der Waals surface area contributed by atoms with Gasteiger partial charge in [0.15, 0.2) is 11.5 Å². The van der Waals surface area contributed by atoms with Crippen LogP contribution in [-0.2, 0) is 9.53 Å². The van der Waals surface area contributed by atoms with E-state index in [-0.39, 0.29) is 6.03 Å². The van der Waals surface area contributed by atoms with Crippen LogP contribution < -0.4 is 29.7 Å². The molecule has 0 aliphatic carbocycles. The van der Waals surface area contributed by atoms with Crippen LogP contribution in [0.3, 0.4) is 0 Å². The summed E-state index contributed by atoms with van der Waals surface area (Å²) >= 11 is 0. The molecule has 36 heavy (non-hydrogen) atoms. The molecule has 10 heteroatoms. The van der Waals surface area contributed by atoms with Gasteiger partial charge in [0.25, 0.3) is 0 Å². The second-order valence-electron chi connectivity index (χ2n) is 8.49. The number of carbonyl (C=O) groups excluding carboxylic acids is 2. The van der Waals surface area contributed by atoms with Crippen LogP contribution in [0.25, 0.3) is 0 Å². The number of carbonyl (C=O) groups is 2. The number of urea groups is 1. The molecule has 1 fully saturated rings. The quantitative estimate of drug-likeness (QED) is 0.537. The molecule has 0 saturated carbocycles. The highest BCUT2D eigenvalue weighted by molar-refractivity contribution is 5.95. The Hall–Kier alpha value is -3.92. The first-order valence-electron chi connectivity index (χ1n) is 11.7. The third-order valence-corrected chi connectivity index (χ3v) is 6.47. The third-order valence-electron chi connectivity index (χ3n) is 6.47. The molecule has 0 unspecified atom stereocenters. The van der Waals surface area contributed by atoms with E-state index in [1.807, 2.05) is 18.2 Å². The third kappa shape index (κ3) is 5.33. The van der Waals surface area contributed by atoms with Gasteiger partial charge in [-0.25, -0.2) is 9.59 Å². The fourth-order valence-electron chi connectivity index (χ4n) is 4.57. The van der Waals surface area contributed by atoms with Gasteiger partial charge in [-0.1, -0.05) is 12.1 Å². The van der Waals surface area contributed by atoms with E-state index in [0.717, 1.165) is 37.6 Å². The Labute approximate surface area is 210 Å². The van der Waals surface area contributed by atoms with Crippen molar-refractivity contribution >= 4 is 17.7 Å². The maximum absolute atomic E-state index is 12.9. The van der Waals surface area contributed by atoms with E-state index < -0.39 is 12.0 Å². The lowest BCUT2D eigenvalue weighted by atomic mass is 9.94. The summed E-state index contributed by atoms with van der Waals surface area (Å²) in [6, 6.07) is 12.2. The first-order valence-corrected chi connectivity index (χ1v) is 11.7. The number of nitrogens with zero attached hydrogens (tertiary/aromatic N) is 2. The summed E-state index contributed by atoms with van der Waals surface area (Å²) in [6.45, 7) is 3.55. The molecule has 0 bridgehead atoms. The van der Waals surface area contributed by atoms with Crippen molar-refractivity contribution in [2.24, 2.45) is 0 Å². The normalized spacial score (nSPS) is 18.3. The molecule has 0 aromatic heterocycles. The molecule has 2 aromatic rings. The zero-order valence-corrected chi connectivity index (χ0v) is 21.0. The van der Waals surface area contributed by atoms with Gasteiger partial charge in [0.05, 0.1) is 40.1 Å². The van der Waals surface area contributed by atoms with E-state index in [0.29, 0.717) is 34.9 Å². The summed E-state index contributed by atoms with van der Waals surface area (Å²) in [4.78, 5) is 30.1. The number of hydrogen-bond donors (Lipinski definition) is 2. The van der Waals surface area contributed by atoms with Crippen molar-refractivity contribution in [3.8, 4) is 17.2 Å². The first kappa shape index (κ1) is 25.2. The molecule has 0 spiro atoms. The standard InChI is InChI=1S/C26H32N4O6/c1-33-19-7-5-6-18(15-19)30-12-10-29(11-13-30)16-20-23(25(31)36-4)24(28-26(32)27-20)17-8-9-21(34-2)22(14-17)35-3/h5-9,14-15,24H,10-13,16H2,1-4H3,(H2,27,28,32)/t24-/m1/s1. The average Bonchev–Trinajstić information content (AvgIpc) is 2.92. The second kappa shape index (κ2) is 11.2. The zero-order chi connectivity index (χ0) is 25.7. The number of benzene rings is 2. The summed E-state index contributed by atoms with van der Waals surface area (Å²) in [5.41, 5.74) is 2.68. The number of esters is 1. The fraction of sp³-hybridized carbons (Fsp3) is 0.385. The number of piperazine rings is 1. The molecule has 192 valence electrons. The average molecular weight is 497 g/mol. The Balaban J connectivity index is 1.56. The van der Waals surface area contributed by atoms with Crippen LogP contribution in [-0.4, -0.2) is 78.1 Å². The minimum Gasteiger partial charge on any atom is -0.497 e. The van der Waals surface area contributed by atoms with Crippen LogP contribution in [0.4, 0.5) is 10.5 Å². The lowest BCUT2D eigenvalue weighted by molar-refractivity contribution is -0.136. The van der Waals surface area contributed by atoms with Crippen molar-refractivity contribution in [3.05, 3.63) is 59.3 Å². The highest BCUT2D eigenvalue weighted by Crippen LogP contribution is 2.34.